The number of hydrogen-bond acceptors (Lipinski definition) is 5. The number of amidine groups is 1. The summed E-state index contributed by atoms with van der Waals surface area (Å²) in [6.45, 7) is 7.37. The van der Waals surface area contributed by atoms with Crippen molar-refractivity contribution in [3.63, 3.8) is 0 Å². The maximum absolute atomic E-state index is 13.8. The molecule has 8 heteroatoms. The van der Waals surface area contributed by atoms with Gasteiger partial charge in [0.15, 0.2) is 5.84 Å². The van der Waals surface area contributed by atoms with Gasteiger partial charge in [-0.2, -0.15) is 5.01 Å². The molecule has 0 saturated carbocycles. The highest BCUT2D eigenvalue weighted by atomic mass is 16.2. The molecule has 0 spiro atoms. The molecule has 3 amide bonds. The third kappa shape index (κ3) is 4.98. The first kappa shape index (κ1) is 24.7. The molecule has 3 aromatic rings. The molecule has 0 fully saturated rings. The molecule has 0 aliphatic carbocycles. The summed E-state index contributed by atoms with van der Waals surface area (Å²) in [7, 11) is 0. The zero-order valence-corrected chi connectivity index (χ0v) is 20.8. The molecule has 8 nitrogen and oxygen atoms in total. The molecule has 0 saturated heterocycles. The average molecular weight is 484 g/mol. The lowest BCUT2D eigenvalue weighted by Gasteiger charge is -2.31. The molecule has 3 N–H and O–H groups in total. The van der Waals surface area contributed by atoms with Gasteiger partial charge in [-0.05, 0) is 67.3 Å². The molecular weight excluding hydrogens is 454 g/mol. The van der Waals surface area contributed by atoms with Crippen LogP contribution >= 0.6 is 0 Å². The predicted molar refractivity (Wildman–Crippen MR) is 140 cm³/mol. The van der Waals surface area contributed by atoms with Crippen LogP contribution in [-0.2, 0) is 20.8 Å². The molecule has 0 aromatic heterocycles. The third-order valence-electron chi connectivity index (χ3n) is 6.15. The SMILES string of the molecule is CC(=O)NC1(Nc2ccccc2)C(=O)N(c2ccccc2)N=C1NC(=O)Cc1cc(C)c(C)c(C)c1. The topological polar surface area (TPSA) is 103 Å². The fraction of sp³-hybridized carbons (Fsp3) is 0.214. The predicted octanol–water partition coefficient (Wildman–Crippen LogP) is 3.58. The van der Waals surface area contributed by atoms with E-state index in [-0.39, 0.29) is 18.2 Å². The lowest BCUT2D eigenvalue weighted by Crippen LogP contribution is -2.67. The normalized spacial score (nSPS) is 16.9. The van der Waals surface area contributed by atoms with Crippen molar-refractivity contribution in [1.29, 1.82) is 0 Å². The van der Waals surface area contributed by atoms with Gasteiger partial charge in [-0.3, -0.25) is 14.4 Å². The van der Waals surface area contributed by atoms with Crippen LogP contribution in [0.5, 0.6) is 0 Å². The van der Waals surface area contributed by atoms with E-state index >= 15 is 0 Å². The quantitative estimate of drug-likeness (QED) is 0.467. The number of hydrazone groups is 1. The summed E-state index contributed by atoms with van der Waals surface area (Å²) in [6, 6.07) is 21.8. The number of carbonyl (C=O) groups is 3. The highest BCUT2D eigenvalue weighted by molar-refractivity contribution is 6.27. The Balaban J connectivity index is 1.72. The minimum Gasteiger partial charge on any atom is -0.348 e. The summed E-state index contributed by atoms with van der Waals surface area (Å²) < 4.78 is 0. The minimum absolute atomic E-state index is 0.0130. The first-order valence-electron chi connectivity index (χ1n) is 11.7. The van der Waals surface area contributed by atoms with Gasteiger partial charge < -0.3 is 16.0 Å². The first-order chi connectivity index (χ1) is 17.2. The van der Waals surface area contributed by atoms with Crippen molar-refractivity contribution in [1.82, 2.24) is 10.6 Å². The number of nitrogens with one attached hydrogen (secondary N) is 3. The maximum atomic E-state index is 13.8. The number of para-hydroxylation sites is 2. The lowest BCUT2D eigenvalue weighted by atomic mass is 9.99. The standard InChI is InChI=1S/C28H29N5O3/c1-18-15-22(16-19(2)20(18)3)17-25(35)29-26-28(30-21(4)34,31-23-11-7-5-8-12-23)27(36)33(32-26)24-13-9-6-10-14-24/h5-16,31H,17H2,1-4H3,(H,30,34)(H,29,32,35). The molecule has 3 aromatic carbocycles. The highest BCUT2D eigenvalue weighted by Gasteiger charge is 2.54. The van der Waals surface area contributed by atoms with E-state index < -0.39 is 17.5 Å². The molecule has 1 atom stereocenters. The van der Waals surface area contributed by atoms with Gasteiger partial charge in [0.2, 0.25) is 11.8 Å². The van der Waals surface area contributed by atoms with Gasteiger partial charge in [-0.25, -0.2) is 0 Å². The monoisotopic (exact) mass is 483 g/mol. The number of aryl methyl sites for hydroxylation is 2. The molecule has 0 bridgehead atoms. The first-order valence-corrected chi connectivity index (χ1v) is 11.7. The van der Waals surface area contributed by atoms with Crippen LogP contribution in [0.15, 0.2) is 77.9 Å². The Morgan fingerprint density at radius 2 is 1.50 bits per heavy atom. The van der Waals surface area contributed by atoms with Crippen LogP contribution in [0.25, 0.3) is 0 Å². The number of nitrogens with zero attached hydrogens (tertiary/aromatic N) is 2. The van der Waals surface area contributed by atoms with Gasteiger partial charge in [0.1, 0.15) is 0 Å². The summed E-state index contributed by atoms with van der Waals surface area (Å²) in [5, 5.41) is 14.3. The number of anilines is 2. The van der Waals surface area contributed by atoms with Crippen molar-refractivity contribution in [2.45, 2.75) is 39.8 Å². The second-order valence-corrected chi connectivity index (χ2v) is 8.90. The van der Waals surface area contributed by atoms with E-state index in [0.717, 1.165) is 16.7 Å². The van der Waals surface area contributed by atoms with Gasteiger partial charge >= 0.3 is 5.91 Å². The summed E-state index contributed by atoms with van der Waals surface area (Å²) in [6.07, 6.45) is 0.0853. The van der Waals surface area contributed by atoms with Crippen LogP contribution in [0, 0.1) is 20.8 Å². The van der Waals surface area contributed by atoms with Crippen LogP contribution < -0.4 is 21.0 Å². The van der Waals surface area contributed by atoms with Gasteiger partial charge in [0, 0.05) is 12.6 Å². The molecule has 4 rings (SSSR count). The maximum Gasteiger partial charge on any atom is 0.302 e. The van der Waals surface area contributed by atoms with Crippen molar-refractivity contribution in [3.8, 4) is 0 Å². The lowest BCUT2D eigenvalue weighted by molar-refractivity contribution is -0.127. The number of benzene rings is 3. The molecule has 184 valence electrons. The van der Waals surface area contributed by atoms with E-state index in [0.29, 0.717) is 11.4 Å². The molecule has 1 aliphatic heterocycles. The minimum atomic E-state index is -1.81. The van der Waals surface area contributed by atoms with Gasteiger partial charge in [-0.15, -0.1) is 5.10 Å². The Morgan fingerprint density at radius 3 is 2.08 bits per heavy atom. The fourth-order valence-corrected chi connectivity index (χ4v) is 4.19. The summed E-state index contributed by atoms with van der Waals surface area (Å²) in [4.78, 5) is 39.3. The Morgan fingerprint density at radius 1 is 0.917 bits per heavy atom. The van der Waals surface area contributed by atoms with Crippen LogP contribution in [0.3, 0.4) is 0 Å². The zero-order valence-electron chi connectivity index (χ0n) is 20.8. The van der Waals surface area contributed by atoms with Crippen molar-refractivity contribution in [2.24, 2.45) is 5.10 Å². The Labute approximate surface area is 210 Å². The van der Waals surface area contributed by atoms with Gasteiger partial charge in [0.05, 0.1) is 12.1 Å². The number of carbonyl (C=O) groups excluding carboxylic acids is 3. The Kier molecular flexibility index (Phi) is 6.87. The van der Waals surface area contributed by atoms with Crippen LogP contribution in [0.1, 0.15) is 29.2 Å². The van der Waals surface area contributed by atoms with Crippen molar-refractivity contribution < 1.29 is 14.4 Å². The van der Waals surface area contributed by atoms with Crippen LogP contribution in [0.2, 0.25) is 0 Å². The number of hydrogen-bond donors (Lipinski definition) is 3. The van der Waals surface area contributed by atoms with Gasteiger partial charge in [-0.1, -0.05) is 48.5 Å². The highest BCUT2D eigenvalue weighted by Crippen LogP contribution is 2.28. The van der Waals surface area contributed by atoms with Gasteiger partial charge in [0.25, 0.3) is 5.66 Å². The molecule has 36 heavy (non-hydrogen) atoms. The average Bonchev–Trinajstić information content (AvgIpc) is 3.09. The van der Waals surface area contributed by atoms with E-state index in [9.17, 15) is 14.4 Å². The van der Waals surface area contributed by atoms with E-state index in [2.05, 4.69) is 21.1 Å². The van der Waals surface area contributed by atoms with Crippen molar-refractivity contribution in [2.75, 3.05) is 10.3 Å². The zero-order chi connectivity index (χ0) is 25.9. The largest absolute Gasteiger partial charge is 0.348 e. The summed E-state index contributed by atoms with van der Waals surface area (Å²) >= 11 is 0. The molecule has 1 aliphatic rings. The number of amides is 3. The molecular formula is C28H29N5O3. The van der Waals surface area contributed by atoms with Crippen LogP contribution in [-0.4, -0.2) is 29.2 Å². The summed E-state index contributed by atoms with van der Waals surface area (Å²) in [5.74, 6) is -1.39. The smallest absolute Gasteiger partial charge is 0.302 e. The van der Waals surface area contributed by atoms with E-state index in [1.165, 1.54) is 17.5 Å². The molecule has 1 heterocycles. The second-order valence-electron chi connectivity index (χ2n) is 8.90. The van der Waals surface area contributed by atoms with E-state index in [1.54, 1.807) is 48.5 Å². The van der Waals surface area contributed by atoms with E-state index in [1.807, 2.05) is 45.0 Å². The van der Waals surface area contributed by atoms with Crippen LogP contribution in [0.4, 0.5) is 11.4 Å². The third-order valence-corrected chi connectivity index (χ3v) is 6.15. The van der Waals surface area contributed by atoms with Crippen molar-refractivity contribution >= 4 is 34.9 Å². The Bertz CT molecular complexity index is 1310. The van der Waals surface area contributed by atoms with Crippen molar-refractivity contribution in [3.05, 3.63) is 95.1 Å². The number of rotatable bonds is 6. The van der Waals surface area contributed by atoms with E-state index in [4.69, 9.17) is 0 Å². The molecule has 0 radical (unpaired) electrons. The Hall–Kier alpha value is -4.46. The summed E-state index contributed by atoms with van der Waals surface area (Å²) in [5.41, 5.74) is 3.49. The molecule has 1 unspecified atom stereocenters. The second kappa shape index (κ2) is 10.0. The fourth-order valence-electron chi connectivity index (χ4n) is 4.19.